The third-order valence-electron chi connectivity index (χ3n) is 2.48. The number of carbonyl (C=O) groups excluding carboxylic acids is 2. The van der Waals surface area contributed by atoms with Crippen molar-refractivity contribution in [3.63, 3.8) is 0 Å². The van der Waals surface area contributed by atoms with Crippen LogP contribution in [0.5, 0.6) is 0 Å². The van der Waals surface area contributed by atoms with Gasteiger partial charge in [0.05, 0.1) is 13.2 Å². The van der Waals surface area contributed by atoms with Gasteiger partial charge in [-0.3, -0.25) is 9.59 Å². The van der Waals surface area contributed by atoms with Crippen LogP contribution in [0, 0.1) is 11.8 Å². The van der Waals surface area contributed by atoms with Crippen molar-refractivity contribution in [3.8, 4) is 0 Å². The molecule has 4 nitrogen and oxygen atoms in total. The molecule has 16 heavy (non-hydrogen) atoms. The van der Waals surface area contributed by atoms with E-state index in [0.717, 1.165) is 6.42 Å². The van der Waals surface area contributed by atoms with E-state index in [9.17, 15) is 9.59 Å². The summed E-state index contributed by atoms with van der Waals surface area (Å²) in [6.45, 7) is 8.06. The summed E-state index contributed by atoms with van der Waals surface area (Å²) in [4.78, 5) is 23.2. The lowest BCUT2D eigenvalue weighted by Gasteiger charge is -2.17. The maximum Gasteiger partial charge on any atom is 0.320 e. The van der Waals surface area contributed by atoms with Crippen molar-refractivity contribution in [2.45, 2.75) is 40.5 Å². The summed E-state index contributed by atoms with van der Waals surface area (Å²) in [6.07, 6.45) is 1.42. The molecule has 0 rings (SSSR count). The highest BCUT2D eigenvalue weighted by molar-refractivity contribution is 5.94. The second-order valence-corrected chi connectivity index (χ2v) is 3.81. The predicted molar refractivity (Wildman–Crippen MR) is 60.8 cm³/mol. The van der Waals surface area contributed by atoms with E-state index in [1.54, 1.807) is 13.8 Å². The second-order valence-electron chi connectivity index (χ2n) is 3.81. The Bertz CT molecular complexity index is 207. The van der Waals surface area contributed by atoms with Crippen molar-refractivity contribution in [2.75, 3.05) is 13.2 Å². The predicted octanol–water partition coefficient (Wildman–Crippen LogP) is 2.17. The van der Waals surface area contributed by atoms with E-state index in [2.05, 4.69) is 0 Å². The lowest BCUT2D eigenvalue weighted by molar-refractivity contribution is -0.162. The van der Waals surface area contributed by atoms with E-state index in [1.807, 2.05) is 13.8 Å². The van der Waals surface area contributed by atoms with Crippen LogP contribution in [0.3, 0.4) is 0 Å². The molecular weight excluding hydrogens is 208 g/mol. The molecule has 0 aliphatic rings. The molecule has 4 heteroatoms. The molecule has 0 spiro atoms. The maximum atomic E-state index is 11.6. The largest absolute Gasteiger partial charge is 0.465 e. The molecule has 0 fully saturated rings. The lowest BCUT2D eigenvalue weighted by atomic mass is 9.94. The van der Waals surface area contributed by atoms with Gasteiger partial charge < -0.3 is 9.47 Å². The zero-order chi connectivity index (χ0) is 12.6. The number of esters is 2. The fourth-order valence-electron chi connectivity index (χ4n) is 1.34. The molecule has 0 bridgehead atoms. The van der Waals surface area contributed by atoms with Gasteiger partial charge >= 0.3 is 11.9 Å². The first-order valence-corrected chi connectivity index (χ1v) is 5.89. The highest BCUT2D eigenvalue weighted by Crippen LogP contribution is 2.18. The topological polar surface area (TPSA) is 52.6 Å². The van der Waals surface area contributed by atoms with Gasteiger partial charge in [0.2, 0.25) is 0 Å². The standard InChI is InChI=1S/C12H22O4/c1-5-9(4)8-10(11(13)15-6-2)12(14)16-7-3/h9-10H,5-8H2,1-4H3/t9-/m1/s1. The fourth-order valence-corrected chi connectivity index (χ4v) is 1.34. The summed E-state index contributed by atoms with van der Waals surface area (Å²) in [5, 5.41) is 0. The van der Waals surface area contributed by atoms with Gasteiger partial charge in [-0.15, -0.1) is 0 Å². The third kappa shape index (κ3) is 5.14. The second kappa shape index (κ2) is 8.13. The number of ether oxygens (including phenoxy) is 2. The van der Waals surface area contributed by atoms with Gasteiger partial charge in [0.1, 0.15) is 0 Å². The Morgan fingerprint density at radius 3 is 1.75 bits per heavy atom. The van der Waals surface area contributed by atoms with E-state index < -0.39 is 17.9 Å². The van der Waals surface area contributed by atoms with Crippen LogP contribution in [-0.2, 0) is 19.1 Å². The minimum atomic E-state index is -0.769. The quantitative estimate of drug-likeness (QED) is 0.497. The zero-order valence-corrected chi connectivity index (χ0v) is 10.6. The Morgan fingerprint density at radius 1 is 1.00 bits per heavy atom. The molecule has 0 aliphatic heterocycles. The maximum absolute atomic E-state index is 11.6. The van der Waals surface area contributed by atoms with Crippen molar-refractivity contribution in [1.29, 1.82) is 0 Å². The van der Waals surface area contributed by atoms with E-state index in [0.29, 0.717) is 12.3 Å². The summed E-state index contributed by atoms with van der Waals surface area (Å²) in [7, 11) is 0. The van der Waals surface area contributed by atoms with Crippen molar-refractivity contribution in [1.82, 2.24) is 0 Å². The molecule has 0 radical (unpaired) electrons. The van der Waals surface area contributed by atoms with Crippen LogP contribution in [0.2, 0.25) is 0 Å². The van der Waals surface area contributed by atoms with E-state index in [4.69, 9.17) is 9.47 Å². The summed E-state index contributed by atoms with van der Waals surface area (Å²) < 4.78 is 9.75. The Hall–Kier alpha value is -1.06. The first-order valence-electron chi connectivity index (χ1n) is 5.89. The first kappa shape index (κ1) is 14.9. The van der Waals surface area contributed by atoms with Gasteiger partial charge in [0, 0.05) is 0 Å². The molecule has 0 heterocycles. The van der Waals surface area contributed by atoms with E-state index in [1.165, 1.54) is 0 Å². The molecule has 0 aromatic carbocycles. The third-order valence-corrected chi connectivity index (χ3v) is 2.48. The molecule has 0 N–H and O–H groups in total. The smallest absolute Gasteiger partial charge is 0.320 e. The van der Waals surface area contributed by atoms with Gasteiger partial charge in [-0.05, 0) is 26.2 Å². The minimum absolute atomic E-state index is 0.287. The fraction of sp³-hybridized carbons (Fsp3) is 0.833. The molecule has 0 amide bonds. The van der Waals surface area contributed by atoms with Gasteiger partial charge in [-0.25, -0.2) is 0 Å². The average Bonchev–Trinajstić information content (AvgIpc) is 2.25. The number of rotatable bonds is 7. The molecule has 0 aliphatic carbocycles. The Balaban J connectivity index is 4.49. The summed E-state index contributed by atoms with van der Waals surface area (Å²) in [5.74, 6) is -1.41. The van der Waals surface area contributed by atoms with Crippen LogP contribution < -0.4 is 0 Å². The molecule has 0 saturated carbocycles. The normalized spacial score (nSPS) is 12.3. The molecule has 0 aromatic rings. The number of hydrogen-bond donors (Lipinski definition) is 0. The Labute approximate surface area is 97.3 Å². The number of hydrogen-bond acceptors (Lipinski definition) is 4. The van der Waals surface area contributed by atoms with Crippen LogP contribution in [-0.4, -0.2) is 25.2 Å². The molecule has 0 saturated heterocycles. The van der Waals surface area contributed by atoms with E-state index in [-0.39, 0.29) is 13.2 Å². The van der Waals surface area contributed by atoms with Gasteiger partial charge in [-0.2, -0.15) is 0 Å². The summed E-state index contributed by atoms with van der Waals surface area (Å²) in [6, 6.07) is 0. The highest BCUT2D eigenvalue weighted by atomic mass is 16.6. The summed E-state index contributed by atoms with van der Waals surface area (Å²) in [5.41, 5.74) is 0. The zero-order valence-electron chi connectivity index (χ0n) is 10.6. The Kier molecular flexibility index (Phi) is 7.60. The molecular formula is C12H22O4. The molecule has 0 unspecified atom stereocenters. The van der Waals surface area contributed by atoms with Crippen molar-refractivity contribution < 1.29 is 19.1 Å². The van der Waals surface area contributed by atoms with Gasteiger partial charge in [0.25, 0.3) is 0 Å². The Morgan fingerprint density at radius 2 is 1.44 bits per heavy atom. The van der Waals surface area contributed by atoms with Crippen LogP contribution in [0.1, 0.15) is 40.5 Å². The van der Waals surface area contributed by atoms with Crippen LogP contribution in [0.4, 0.5) is 0 Å². The van der Waals surface area contributed by atoms with Crippen molar-refractivity contribution >= 4 is 11.9 Å². The van der Waals surface area contributed by atoms with Crippen molar-refractivity contribution in [2.24, 2.45) is 11.8 Å². The highest BCUT2D eigenvalue weighted by Gasteiger charge is 2.30. The van der Waals surface area contributed by atoms with Crippen LogP contribution >= 0.6 is 0 Å². The minimum Gasteiger partial charge on any atom is -0.465 e. The molecule has 1 atom stereocenters. The first-order chi connectivity index (χ1) is 7.56. The lowest BCUT2D eigenvalue weighted by Crippen LogP contribution is -2.29. The summed E-state index contributed by atoms with van der Waals surface area (Å²) >= 11 is 0. The molecule has 0 aromatic heterocycles. The van der Waals surface area contributed by atoms with Crippen LogP contribution in [0.25, 0.3) is 0 Å². The van der Waals surface area contributed by atoms with Crippen LogP contribution in [0.15, 0.2) is 0 Å². The monoisotopic (exact) mass is 230 g/mol. The number of carbonyl (C=O) groups is 2. The van der Waals surface area contributed by atoms with Gasteiger partial charge in [-0.1, -0.05) is 20.3 Å². The molecule has 94 valence electrons. The van der Waals surface area contributed by atoms with Crippen molar-refractivity contribution in [3.05, 3.63) is 0 Å². The van der Waals surface area contributed by atoms with E-state index >= 15 is 0 Å². The average molecular weight is 230 g/mol. The SMILES string of the molecule is CCOC(=O)C(C[C@H](C)CC)C(=O)OCC. The van der Waals surface area contributed by atoms with Gasteiger partial charge in [0.15, 0.2) is 5.92 Å².